The van der Waals surface area contributed by atoms with Gasteiger partial charge in [-0.25, -0.2) is 0 Å². The summed E-state index contributed by atoms with van der Waals surface area (Å²) in [6, 6.07) is 8.74. The van der Waals surface area contributed by atoms with Crippen LogP contribution in [0.15, 0.2) is 24.3 Å². The van der Waals surface area contributed by atoms with Gasteiger partial charge in [0.2, 0.25) is 0 Å². The Hall–Kier alpha value is -0.530. The molecule has 2 heteroatoms. The van der Waals surface area contributed by atoms with E-state index in [0.29, 0.717) is 17.9 Å². The largest absolute Gasteiger partial charge is 0.314 e. The SMILES string of the molecule is CCNC(Cc1ccc(Cl)cc1)C(C)C(C)C. The van der Waals surface area contributed by atoms with Crippen molar-refractivity contribution in [3.8, 4) is 0 Å². The molecule has 1 aromatic rings. The van der Waals surface area contributed by atoms with Crippen LogP contribution in [0.5, 0.6) is 0 Å². The Morgan fingerprint density at radius 3 is 2.18 bits per heavy atom. The fourth-order valence-corrected chi connectivity index (χ4v) is 2.17. The van der Waals surface area contributed by atoms with Gasteiger partial charge < -0.3 is 5.32 Å². The summed E-state index contributed by atoms with van der Waals surface area (Å²) < 4.78 is 0. The summed E-state index contributed by atoms with van der Waals surface area (Å²) >= 11 is 5.91. The van der Waals surface area contributed by atoms with Gasteiger partial charge in [0, 0.05) is 11.1 Å². The van der Waals surface area contributed by atoms with E-state index in [0.717, 1.165) is 18.0 Å². The van der Waals surface area contributed by atoms with Crippen LogP contribution in [-0.4, -0.2) is 12.6 Å². The Kier molecular flexibility index (Phi) is 6.01. The predicted molar refractivity (Wildman–Crippen MR) is 76.6 cm³/mol. The Bertz CT molecular complexity index is 318. The van der Waals surface area contributed by atoms with Crippen LogP contribution in [0.25, 0.3) is 0 Å². The number of likely N-dealkylation sites (N-methyl/N-ethyl adjacent to an activating group) is 1. The first-order valence-electron chi connectivity index (χ1n) is 6.52. The van der Waals surface area contributed by atoms with Gasteiger partial charge in [-0.1, -0.05) is 51.4 Å². The zero-order chi connectivity index (χ0) is 12.8. The van der Waals surface area contributed by atoms with Crippen molar-refractivity contribution in [1.29, 1.82) is 0 Å². The second-order valence-corrected chi connectivity index (χ2v) is 5.53. The van der Waals surface area contributed by atoms with Crippen LogP contribution in [0.3, 0.4) is 0 Å². The van der Waals surface area contributed by atoms with Gasteiger partial charge in [0.1, 0.15) is 0 Å². The summed E-state index contributed by atoms with van der Waals surface area (Å²) in [5.41, 5.74) is 1.35. The van der Waals surface area contributed by atoms with Gasteiger partial charge in [0.25, 0.3) is 0 Å². The summed E-state index contributed by atoms with van der Waals surface area (Å²) in [5, 5.41) is 4.40. The average molecular weight is 254 g/mol. The molecule has 17 heavy (non-hydrogen) atoms. The van der Waals surface area contributed by atoms with E-state index in [-0.39, 0.29) is 0 Å². The summed E-state index contributed by atoms with van der Waals surface area (Å²) in [6.45, 7) is 10.1. The van der Waals surface area contributed by atoms with Crippen molar-refractivity contribution in [2.45, 2.75) is 40.2 Å². The van der Waals surface area contributed by atoms with Crippen LogP contribution < -0.4 is 5.32 Å². The van der Waals surface area contributed by atoms with Gasteiger partial charge in [0.05, 0.1) is 0 Å². The van der Waals surface area contributed by atoms with Crippen molar-refractivity contribution in [3.05, 3.63) is 34.9 Å². The zero-order valence-electron chi connectivity index (χ0n) is 11.3. The maximum absolute atomic E-state index is 5.91. The second-order valence-electron chi connectivity index (χ2n) is 5.10. The normalized spacial score (nSPS) is 14.9. The molecule has 0 radical (unpaired) electrons. The molecule has 96 valence electrons. The fraction of sp³-hybridized carbons (Fsp3) is 0.600. The van der Waals surface area contributed by atoms with Crippen molar-refractivity contribution in [2.75, 3.05) is 6.54 Å². The number of halogens is 1. The van der Waals surface area contributed by atoms with Gasteiger partial charge in [-0.2, -0.15) is 0 Å². The molecule has 0 saturated heterocycles. The lowest BCUT2D eigenvalue weighted by atomic mass is 9.86. The van der Waals surface area contributed by atoms with Crippen LogP contribution in [0.4, 0.5) is 0 Å². The fourth-order valence-electron chi connectivity index (χ4n) is 2.05. The summed E-state index contributed by atoms with van der Waals surface area (Å²) in [6.07, 6.45) is 1.07. The molecule has 0 fully saturated rings. The molecular weight excluding hydrogens is 230 g/mol. The third kappa shape index (κ3) is 4.69. The number of benzene rings is 1. The van der Waals surface area contributed by atoms with Crippen LogP contribution in [0, 0.1) is 11.8 Å². The van der Waals surface area contributed by atoms with E-state index < -0.39 is 0 Å². The van der Waals surface area contributed by atoms with E-state index in [1.54, 1.807) is 0 Å². The number of hydrogen-bond donors (Lipinski definition) is 1. The van der Waals surface area contributed by atoms with Crippen LogP contribution in [0.2, 0.25) is 5.02 Å². The van der Waals surface area contributed by atoms with Gasteiger partial charge >= 0.3 is 0 Å². The lowest BCUT2D eigenvalue weighted by molar-refractivity contribution is 0.300. The summed E-state index contributed by atoms with van der Waals surface area (Å²) in [5.74, 6) is 1.37. The maximum atomic E-state index is 5.91. The first kappa shape index (κ1) is 14.5. The Morgan fingerprint density at radius 2 is 1.71 bits per heavy atom. The minimum absolute atomic E-state index is 0.543. The van der Waals surface area contributed by atoms with E-state index in [9.17, 15) is 0 Å². The molecule has 1 rings (SSSR count). The van der Waals surface area contributed by atoms with Crippen LogP contribution in [-0.2, 0) is 6.42 Å². The van der Waals surface area contributed by atoms with Gasteiger partial charge in [-0.15, -0.1) is 0 Å². The average Bonchev–Trinajstić information content (AvgIpc) is 2.30. The molecule has 0 amide bonds. The topological polar surface area (TPSA) is 12.0 Å². The number of rotatable bonds is 6. The third-order valence-corrected chi connectivity index (χ3v) is 3.77. The number of hydrogen-bond acceptors (Lipinski definition) is 1. The highest BCUT2D eigenvalue weighted by Crippen LogP contribution is 2.19. The van der Waals surface area contributed by atoms with Gasteiger partial charge in [-0.05, 0) is 42.5 Å². The third-order valence-electron chi connectivity index (χ3n) is 3.52. The highest BCUT2D eigenvalue weighted by molar-refractivity contribution is 6.30. The van der Waals surface area contributed by atoms with E-state index in [4.69, 9.17) is 11.6 Å². The molecule has 0 bridgehead atoms. The minimum atomic E-state index is 0.543. The van der Waals surface area contributed by atoms with Crippen molar-refractivity contribution >= 4 is 11.6 Å². The monoisotopic (exact) mass is 253 g/mol. The maximum Gasteiger partial charge on any atom is 0.0406 e. The molecule has 0 aromatic heterocycles. The first-order valence-corrected chi connectivity index (χ1v) is 6.90. The molecule has 0 aliphatic rings. The number of nitrogens with one attached hydrogen (secondary N) is 1. The van der Waals surface area contributed by atoms with E-state index in [1.165, 1.54) is 5.56 Å². The van der Waals surface area contributed by atoms with Crippen molar-refractivity contribution in [3.63, 3.8) is 0 Å². The van der Waals surface area contributed by atoms with E-state index in [1.807, 2.05) is 12.1 Å². The highest BCUT2D eigenvalue weighted by Gasteiger charge is 2.19. The Labute approximate surface area is 111 Å². The molecule has 1 N–H and O–H groups in total. The Morgan fingerprint density at radius 1 is 1.12 bits per heavy atom. The molecular formula is C15H24ClN. The molecule has 2 atom stereocenters. The molecule has 2 unspecified atom stereocenters. The predicted octanol–water partition coefficient (Wildman–Crippen LogP) is 4.15. The molecule has 1 aromatic carbocycles. The van der Waals surface area contributed by atoms with Gasteiger partial charge in [-0.3, -0.25) is 0 Å². The second kappa shape index (κ2) is 7.03. The Balaban J connectivity index is 2.69. The van der Waals surface area contributed by atoms with Crippen LogP contribution >= 0.6 is 11.6 Å². The van der Waals surface area contributed by atoms with E-state index in [2.05, 4.69) is 45.1 Å². The van der Waals surface area contributed by atoms with E-state index >= 15 is 0 Å². The molecule has 0 aliphatic heterocycles. The highest BCUT2D eigenvalue weighted by atomic mass is 35.5. The standard InChI is InChI=1S/C15H24ClN/c1-5-17-15(12(4)11(2)3)10-13-6-8-14(16)9-7-13/h6-9,11-12,15,17H,5,10H2,1-4H3. The van der Waals surface area contributed by atoms with Crippen molar-refractivity contribution in [2.24, 2.45) is 11.8 Å². The van der Waals surface area contributed by atoms with Crippen molar-refractivity contribution in [1.82, 2.24) is 5.32 Å². The van der Waals surface area contributed by atoms with Gasteiger partial charge in [0.15, 0.2) is 0 Å². The first-order chi connectivity index (χ1) is 8.04. The molecule has 0 spiro atoms. The molecule has 0 heterocycles. The quantitative estimate of drug-likeness (QED) is 0.803. The summed E-state index contributed by atoms with van der Waals surface area (Å²) in [7, 11) is 0. The molecule has 0 aliphatic carbocycles. The minimum Gasteiger partial charge on any atom is -0.314 e. The lowest BCUT2D eigenvalue weighted by Crippen LogP contribution is -2.38. The molecule has 1 nitrogen and oxygen atoms in total. The zero-order valence-corrected chi connectivity index (χ0v) is 12.1. The smallest absolute Gasteiger partial charge is 0.0406 e. The van der Waals surface area contributed by atoms with Crippen molar-refractivity contribution < 1.29 is 0 Å². The summed E-state index contributed by atoms with van der Waals surface area (Å²) in [4.78, 5) is 0. The van der Waals surface area contributed by atoms with Crippen LogP contribution in [0.1, 0.15) is 33.3 Å². The lowest BCUT2D eigenvalue weighted by Gasteiger charge is -2.28. The molecule has 0 saturated carbocycles.